The Morgan fingerprint density at radius 2 is 1.96 bits per heavy atom. The second-order valence-corrected chi connectivity index (χ2v) is 6.98. The fourth-order valence-corrected chi connectivity index (χ4v) is 3.61. The van der Waals surface area contributed by atoms with Crippen molar-refractivity contribution >= 4 is 16.9 Å². The van der Waals surface area contributed by atoms with Crippen LogP contribution in [0.5, 0.6) is 0 Å². The molecule has 0 saturated heterocycles. The Morgan fingerprint density at radius 3 is 2.79 bits per heavy atom. The molecule has 0 spiro atoms. The molecule has 3 heterocycles. The van der Waals surface area contributed by atoms with Gasteiger partial charge >= 0.3 is 0 Å². The van der Waals surface area contributed by atoms with Gasteiger partial charge in [-0.1, -0.05) is 17.3 Å². The third-order valence-corrected chi connectivity index (χ3v) is 5.13. The summed E-state index contributed by atoms with van der Waals surface area (Å²) < 4.78 is 16.7. The van der Waals surface area contributed by atoms with Crippen LogP contribution in [0, 0.1) is 5.82 Å². The molecule has 0 bridgehead atoms. The molecular formula is C20H17FN6O. The first-order chi connectivity index (χ1) is 13.6. The van der Waals surface area contributed by atoms with Crippen LogP contribution in [-0.2, 0) is 26.7 Å². The van der Waals surface area contributed by atoms with Crippen molar-refractivity contribution in [2.24, 2.45) is 7.05 Å². The Morgan fingerprint density at radius 1 is 1.14 bits per heavy atom. The summed E-state index contributed by atoms with van der Waals surface area (Å²) in [5, 5.41) is 12.5. The number of benzene rings is 2. The van der Waals surface area contributed by atoms with E-state index in [0.29, 0.717) is 30.7 Å². The highest BCUT2D eigenvalue weighted by Gasteiger charge is 2.28. The number of carbonyl (C=O) groups is 1. The number of amides is 1. The van der Waals surface area contributed by atoms with Gasteiger partial charge in [0.1, 0.15) is 11.3 Å². The highest BCUT2D eigenvalue weighted by atomic mass is 19.1. The molecule has 1 aliphatic rings. The predicted octanol–water partition coefficient (Wildman–Crippen LogP) is 2.51. The number of aryl methyl sites for hydroxylation is 1. The van der Waals surface area contributed by atoms with E-state index in [1.54, 1.807) is 34.0 Å². The first kappa shape index (κ1) is 16.6. The number of nitrogens with zero attached hydrogens (tertiary/aromatic N) is 6. The second kappa shape index (κ2) is 6.26. The van der Waals surface area contributed by atoms with Crippen LogP contribution in [-0.4, -0.2) is 35.6 Å². The van der Waals surface area contributed by atoms with Gasteiger partial charge in [-0.05, 0) is 35.9 Å². The Labute approximate surface area is 160 Å². The molecule has 4 aromatic rings. The van der Waals surface area contributed by atoms with E-state index in [-0.39, 0.29) is 11.7 Å². The van der Waals surface area contributed by atoms with Gasteiger partial charge in [-0.15, -0.1) is 5.10 Å². The molecule has 0 fully saturated rings. The van der Waals surface area contributed by atoms with Crippen LogP contribution < -0.4 is 0 Å². The maximum Gasteiger partial charge on any atom is 0.254 e. The summed E-state index contributed by atoms with van der Waals surface area (Å²) in [5.41, 5.74) is 5.19. The summed E-state index contributed by atoms with van der Waals surface area (Å²) in [6.45, 7) is 1.56. The minimum absolute atomic E-state index is 0.0444. The van der Waals surface area contributed by atoms with Gasteiger partial charge in [0.2, 0.25) is 0 Å². The van der Waals surface area contributed by atoms with Crippen molar-refractivity contribution in [3.05, 3.63) is 76.9 Å². The lowest BCUT2D eigenvalue weighted by atomic mass is 10.1. The van der Waals surface area contributed by atoms with Crippen LogP contribution in [0.1, 0.15) is 27.2 Å². The first-order valence-electron chi connectivity index (χ1n) is 8.95. The molecule has 0 unspecified atom stereocenters. The normalized spacial score (nSPS) is 13.3. The molecule has 28 heavy (non-hydrogen) atoms. The van der Waals surface area contributed by atoms with Gasteiger partial charge in [-0.25, -0.2) is 9.07 Å². The van der Waals surface area contributed by atoms with Gasteiger partial charge in [0, 0.05) is 24.7 Å². The maximum atomic E-state index is 13.1. The SMILES string of the molecule is Cn1nnc2cc(C(=O)N3Cc4cnn(Cc5ccc(F)cc5)c4C3)ccc21. The Bertz CT molecular complexity index is 1190. The van der Waals surface area contributed by atoms with Crippen molar-refractivity contribution in [2.45, 2.75) is 19.6 Å². The summed E-state index contributed by atoms with van der Waals surface area (Å²) in [7, 11) is 1.82. The zero-order valence-corrected chi connectivity index (χ0v) is 15.2. The van der Waals surface area contributed by atoms with Crippen molar-refractivity contribution in [1.29, 1.82) is 0 Å². The van der Waals surface area contributed by atoms with Crippen molar-refractivity contribution in [1.82, 2.24) is 29.7 Å². The summed E-state index contributed by atoms with van der Waals surface area (Å²) >= 11 is 0. The van der Waals surface area contributed by atoms with E-state index in [0.717, 1.165) is 22.3 Å². The van der Waals surface area contributed by atoms with Gasteiger partial charge < -0.3 is 4.90 Å². The maximum absolute atomic E-state index is 13.1. The van der Waals surface area contributed by atoms with Crippen LogP contribution in [0.15, 0.2) is 48.7 Å². The lowest BCUT2D eigenvalue weighted by molar-refractivity contribution is 0.0748. The summed E-state index contributed by atoms with van der Waals surface area (Å²) in [6, 6.07) is 11.8. The molecule has 140 valence electrons. The van der Waals surface area contributed by atoms with Gasteiger partial charge in [-0.3, -0.25) is 9.48 Å². The summed E-state index contributed by atoms with van der Waals surface area (Å²) in [5.74, 6) is -0.302. The molecule has 5 rings (SSSR count). The number of halogens is 1. The Kier molecular flexibility index (Phi) is 3.71. The zero-order valence-electron chi connectivity index (χ0n) is 15.2. The van der Waals surface area contributed by atoms with Crippen LogP contribution >= 0.6 is 0 Å². The van der Waals surface area contributed by atoms with Crippen molar-refractivity contribution in [3.8, 4) is 0 Å². The monoisotopic (exact) mass is 376 g/mol. The molecular weight excluding hydrogens is 359 g/mol. The van der Waals surface area contributed by atoms with E-state index in [9.17, 15) is 9.18 Å². The molecule has 1 amide bonds. The number of fused-ring (bicyclic) bond motifs is 2. The highest BCUT2D eigenvalue weighted by molar-refractivity contribution is 5.97. The zero-order chi connectivity index (χ0) is 19.3. The summed E-state index contributed by atoms with van der Waals surface area (Å²) in [4.78, 5) is 14.8. The van der Waals surface area contributed by atoms with Crippen LogP contribution in [0.4, 0.5) is 4.39 Å². The molecule has 1 aliphatic heterocycles. The summed E-state index contributed by atoms with van der Waals surface area (Å²) in [6.07, 6.45) is 1.80. The molecule has 0 N–H and O–H groups in total. The molecule has 7 nitrogen and oxygen atoms in total. The predicted molar refractivity (Wildman–Crippen MR) is 99.8 cm³/mol. The van der Waals surface area contributed by atoms with Crippen molar-refractivity contribution in [2.75, 3.05) is 0 Å². The van der Waals surface area contributed by atoms with E-state index >= 15 is 0 Å². The smallest absolute Gasteiger partial charge is 0.254 e. The molecule has 0 radical (unpaired) electrons. The largest absolute Gasteiger partial charge is 0.328 e. The van der Waals surface area contributed by atoms with Gasteiger partial charge in [-0.2, -0.15) is 5.10 Å². The Balaban J connectivity index is 1.36. The number of rotatable bonds is 3. The number of hydrogen-bond donors (Lipinski definition) is 0. The average molecular weight is 376 g/mol. The molecule has 0 aliphatic carbocycles. The quantitative estimate of drug-likeness (QED) is 0.551. The van der Waals surface area contributed by atoms with Crippen LogP contribution in [0.25, 0.3) is 11.0 Å². The Hall–Kier alpha value is -3.55. The van der Waals surface area contributed by atoms with E-state index < -0.39 is 0 Å². The fourth-order valence-electron chi connectivity index (χ4n) is 3.61. The fraction of sp³-hybridized carbons (Fsp3) is 0.200. The standard InChI is InChI=1S/C20H17FN6O/c1-25-18-7-4-14(8-17(18)23-24-25)20(28)26-11-15-9-22-27(19(15)12-26)10-13-2-5-16(21)6-3-13/h2-9H,10-12H2,1H3. The van der Waals surface area contributed by atoms with Crippen LogP contribution in [0.3, 0.4) is 0 Å². The number of aromatic nitrogens is 5. The van der Waals surface area contributed by atoms with E-state index in [1.165, 1.54) is 12.1 Å². The van der Waals surface area contributed by atoms with Gasteiger partial charge in [0.15, 0.2) is 0 Å². The molecule has 0 atom stereocenters. The van der Waals surface area contributed by atoms with Crippen molar-refractivity contribution < 1.29 is 9.18 Å². The van der Waals surface area contributed by atoms with Gasteiger partial charge in [0.05, 0.1) is 30.5 Å². The van der Waals surface area contributed by atoms with Crippen molar-refractivity contribution in [3.63, 3.8) is 0 Å². The second-order valence-electron chi connectivity index (χ2n) is 6.98. The highest BCUT2D eigenvalue weighted by Crippen LogP contribution is 2.25. The molecule has 2 aromatic heterocycles. The minimum Gasteiger partial charge on any atom is -0.328 e. The molecule has 0 saturated carbocycles. The minimum atomic E-state index is -0.258. The topological polar surface area (TPSA) is 68.8 Å². The molecule has 2 aromatic carbocycles. The van der Waals surface area contributed by atoms with E-state index in [4.69, 9.17) is 0 Å². The van der Waals surface area contributed by atoms with E-state index in [2.05, 4.69) is 15.4 Å². The third-order valence-electron chi connectivity index (χ3n) is 5.13. The molecule has 8 heteroatoms. The number of carbonyl (C=O) groups excluding carboxylic acids is 1. The van der Waals surface area contributed by atoms with Gasteiger partial charge in [0.25, 0.3) is 5.91 Å². The average Bonchev–Trinajstić information content (AvgIpc) is 3.39. The van der Waals surface area contributed by atoms with Crippen LogP contribution in [0.2, 0.25) is 0 Å². The lowest BCUT2D eigenvalue weighted by Crippen LogP contribution is -2.26. The third kappa shape index (κ3) is 2.74. The lowest BCUT2D eigenvalue weighted by Gasteiger charge is -2.16. The number of hydrogen-bond acceptors (Lipinski definition) is 4. The van der Waals surface area contributed by atoms with E-state index in [1.807, 2.05) is 23.9 Å². The first-order valence-corrected chi connectivity index (χ1v) is 8.95.